The van der Waals surface area contributed by atoms with Crippen LogP contribution in [0.25, 0.3) is 0 Å². The molecule has 0 aromatic heterocycles. The van der Waals surface area contributed by atoms with Crippen LogP contribution in [0.1, 0.15) is 39.0 Å². The monoisotopic (exact) mass is 210 g/mol. The lowest BCUT2D eigenvalue weighted by Crippen LogP contribution is -2.42. The molecule has 2 rings (SSSR count). The van der Waals surface area contributed by atoms with Crippen molar-refractivity contribution in [2.45, 2.75) is 45.1 Å². The lowest BCUT2D eigenvalue weighted by molar-refractivity contribution is -0.123. The molecule has 86 valence electrons. The Bertz CT molecular complexity index is 224. The second-order valence-corrected chi connectivity index (χ2v) is 5.06. The molecular formula is C12H22N2O. The molecule has 2 fully saturated rings. The highest BCUT2D eigenvalue weighted by molar-refractivity contribution is 5.81. The van der Waals surface area contributed by atoms with Crippen molar-refractivity contribution in [2.24, 2.45) is 11.8 Å². The Hall–Kier alpha value is -0.570. The average Bonchev–Trinajstić information content (AvgIpc) is 2.85. The Kier molecular flexibility index (Phi) is 3.62. The summed E-state index contributed by atoms with van der Waals surface area (Å²) >= 11 is 0. The van der Waals surface area contributed by atoms with Gasteiger partial charge in [-0.05, 0) is 37.6 Å². The van der Waals surface area contributed by atoms with E-state index in [9.17, 15) is 4.79 Å². The number of hydrogen-bond donors (Lipinski definition) is 2. The van der Waals surface area contributed by atoms with Crippen molar-refractivity contribution in [1.29, 1.82) is 0 Å². The number of carbonyl (C=O) groups excluding carboxylic acids is 1. The zero-order valence-electron chi connectivity index (χ0n) is 9.59. The largest absolute Gasteiger partial charge is 0.354 e. The van der Waals surface area contributed by atoms with Crippen molar-refractivity contribution >= 4 is 5.91 Å². The van der Waals surface area contributed by atoms with Gasteiger partial charge in [0.15, 0.2) is 0 Å². The number of carbonyl (C=O) groups is 1. The highest BCUT2D eigenvalue weighted by atomic mass is 16.2. The van der Waals surface area contributed by atoms with E-state index in [1.807, 2.05) is 0 Å². The van der Waals surface area contributed by atoms with Gasteiger partial charge in [-0.25, -0.2) is 0 Å². The van der Waals surface area contributed by atoms with Crippen LogP contribution in [0.15, 0.2) is 0 Å². The van der Waals surface area contributed by atoms with Crippen LogP contribution in [-0.2, 0) is 4.79 Å². The van der Waals surface area contributed by atoms with Gasteiger partial charge >= 0.3 is 0 Å². The smallest absolute Gasteiger partial charge is 0.237 e. The van der Waals surface area contributed by atoms with E-state index in [0.717, 1.165) is 37.8 Å². The molecule has 3 unspecified atom stereocenters. The fourth-order valence-electron chi connectivity index (χ4n) is 2.79. The molecule has 1 saturated heterocycles. The second kappa shape index (κ2) is 4.97. The molecule has 2 aliphatic rings. The minimum absolute atomic E-state index is 0.0849. The molecule has 3 heteroatoms. The maximum atomic E-state index is 11.7. The second-order valence-electron chi connectivity index (χ2n) is 5.06. The third-order valence-electron chi connectivity index (χ3n) is 3.95. The van der Waals surface area contributed by atoms with Crippen LogP contribution in [-0.4, -0.2) is 25.0 Å². The van der Waals surface area contributed by atoms with Gasteiger partial charge in [0.2, 0.25) is 5.91 Å². The molecule has 1 aliphatic carbocycles. The molecule has 0 bridgehead atoms. The highest BCUT2D eigenvalue weighted by Gasteiger charge is 2.26. The third kappa shape index (κ3) is 2.71. The number of nitrogens with one attached hydrogen (secondary N) is 2. The molecule has 1 amide bonds. The van der Waals surface area contributed by atoms with Crippen molar-refractivity contribution in [3.8, 4) is 0 Å². The van der Waals surface area contributed by atoms with Gasteiger partial charge in [0, 0.05) is 6.54 Å². The van der Waals surface area contributed by atoms with E-state index in [4.69, 9.17) is 0 Å². The predicted molar refractivity (Wildman–Crippen MR) is 60.5 cm³/mol. The lowest BCUT2D eigenvalue weighted by Gasteiger charge is -2.17. The lowest BCUT2D eigenvalue weighted by atomic mass is 9.98. The van der Waals surface area contributed by atoms with Gasteiger partial charge in [0.25, 0.3) is 0 Å². The molecule has 0 aromatic rings. The van der Waals surface area contributed by atoms with E-state index < -0.39 is 0 Å². The molecule has 15 heavy (non-hydrogen) atoms. The molecular weight excluding hydrogens is 188 g/mol. The van der Waals surface area contributed by atoms with Crippen LogP contribution in [0, 0.1) is 11.8 Å². The molecule has 3 atom stereocenters. The first-order valence-electron chi connectivity index (χ1n) is 6.28. The number of hydrogen-bond acceptors (Lipinski definition) is 2. The first kappa shape index (κ1) is 10.9. The summed E-state index contributed by atoms with van der Waals surface area (Å²) in [7, 11) is 0. The molecule has 0 spiro atoms. The van der Waals surface area contributed by atoms with Gasteiger partial charge in [-0.15, -0.1) is 0 Å². The van der Waals surface area contributed by atoms with Crippen molar-refractivity contribution < 1.29 is 4.79 Å². The summed E-state index contributed by atoms with van der Waals surface area (Å²) in [4.78, 5) is 11.7. The molecule has 1 heterocycles. The average molecular weight is 210 g/mol. The Labute approximate surface area is 92.0 Å². The van der Waals surface area contributed by atoms with Crippen LogP contribution in [0.5, 0.6) is 0 Å². The van der Waals surface area contributed by atoms with Crippen LogP contribution in [0.3, 0.4) is 0 Å². The maximum absolute atomic E-state index is 11.7. The molecule has 0 aromatic carbocycles. The quantitative estimate of drug-likeness (QED) is 0.737. The minimum atomic E-state index is 0.0849. The van der Waals surface area contributed by atoms with Gasteiger partial charge in [-0.3, -0.25) is 4.79 Å². The van der Waals surface area contributed by atoms with E-state index in [1.165, 1.54) is 19.3 Å². The van der Waals surface area contributed by atoms with Gasteiger partial charge in [0.1, 0.15) is 0 Å². The van der Waals surface area contributed by atoms with Crippen LogP contribution in [0.2, 0.25) is 0 Å². The zero-order chi connectivity index (χ0) is 10.7. The topological polar surface area (TPSA) is 41.1 Å². The number of rotatable bonds is 3. The van der Waals surface area contributed by atoms with Gasteiger partial charge in [-0.1, -0.05) is 19.8 Å². The summed E-state index contributed by atoms with van der Waals surface area (Å²) in [6.45, 7) is 4.19. The molecule has 3 nitrogen and oxygen atoms in total. The summed E-state index contributed by atoms with van der Waals surface area (Å²) in [6, 6.07) is 0.0849. The fraction of sp³-hybridized carbons (Fsp3) is 0.917. The van der Waals surface area contributed by atoms with Gasteiger partial charge in [0.05, 0.1) is 6.04 Å². The summed E-state index contributed by atoms with van der Waals surface area (Å²) in [6.07, 6.45) is 6.11. The molecule has 2 N–H and O–H groups in total. The molecule has 1 saturated carbocycles. The minimum Gasteiger partial charge on any atom is -0.354 e. The van der Waals surface area contributed by atoms with E-state index in [1.54, 1.807) is 0 Å². The standard InChI is InChI=1S/C12H22N2O/c1-9-4-2-5-10(9)8-14-12(15)11-6-3-7-13-11/h9-11,13H,2-8H2,1H3,(H,14,15). The van der Waals surface area contributed by atoms with Crippen molar-refractivity contribution in [3.05, 3.63) is 0 Å². The van der Waals surface area contributed by atoms with E-state index >= 15 is 0 Å². The zero-order valence-corrected chi connectivity index (χ0v) is 9.59. The van der Waals surface area contributed by atoms with Crippen molar-refractivity contribution in [1.82, 2.24) is 10.6 Å². The fourth-order valence-corrected chi connectivity index (χ4v) is 2.79. The van der Waals surface area contributed by atoms with Crippen molar-refractivity contribution in [2.75, 3.05) is 13.1 Å². The first-order valence-corrected chi connectivity index (χ1v) is 6.28. The molecule has 1 aliphatic heterocycles. The van der Waals surface area contributed by atoms with Crippen LogP contribution in [0.4, 0.5) is 0 Å². The summed E-state index contributed by atoms with van der Waals surface area (Å²) in [5.74, 6) is 1.73. The van der Waals surface area contributed by atoms with Crippen LogP contribution < -0.4 is 10.6 Å². The van der Waals surface area contributed by atoms with E-state index in [0.29, 0.717) is 0 Å². The SMILES string of the molecule is CC1CCCC1CNC(=O)C1CCCN1. The third-order valence-corrected chi connectivity index (χ3v) is 3.95. The Morgan fingerprint density at radius 2 is 2.20 bits per heavy atom. The first-order chi connectivity index (χ1) is 7.27. The van der Waals surface area contributed by atoms with Gasteiger partial charge in [-0.2, -0.15) is 0 Å². The van der Waals surface area contributed by atoms with Gasteiger partial charge < -0.3 is 10.6 Å². The highest BCUT2D eigenvalue weighted by Crippen LogP contribution is 2.30. The summed E-state index contributed by atoms with van der Waals surface area (Å²) < 4.78 is 0. The normalized spacial score (nSPS) is 35.7. The maximum Gasteiger partial charge on any atom is 0.237 e. The molecule has 0 radical (unpaired) electrons. The van der Waals surface area contributed by atoms with Crippen LogP contribution >= 0.6 is 0 Å². The Morgan fingerprint density at radius 3 is 2.80 bits per heavy atom. The van der Waals surface area contributed by atoms with Crippen molar-refractivity contribution in [3.63, 3.8) is 0 Å². The Balaban J connectivity index is 1.70. The number of amides is 1. The predicted octanol–water partition coefficient (Wildman–Crippen LogP) is 1.29. The van der Waals surface area contributed by atoms with E-state index in [-0.39, 0.29) is 11.9 Å². The summed E-state index contributed by atoms with van der Waals surface area (Å²) in [5.41, 5.74) is 0. The van der Waals surface area contributed by atoms with E-state index in [2.05, 4.69) is 17.6 Å². The Morgan fingerprint density at radius 1 is 1.33 bits per heavy atom. The summed E-state index contributed by atoms with van der Waals surface area (Å²) in [5, 5.41) is 6.33.